The first-order valence-corrected chi connectivity index (χ1v) is 5.44. The Hall–Kier alpha value is -1.62. The van der Waals surface area contributed by atoms with Crippen LogP contribution in [0.4, 0.5) is 4.39 Å². The lowest BCUT2D eigenvalue weighted by Gasteiger charge is -2.11. The molecule has 2 N–H and O–H groups in total. The van der Waals surface area contributed by atoms with Crippen molar-refractivity contribution in [2.24, 2.45) is 5.73 Å². The predicted molar refractivity (Wildman–Crippen MR) is 61.1 cm³/mol. The number of benzene rings is 1. The molecule has 0 fully saturated rings. The molecule has 0 heterocycles. The molecule has 0 saturated carbocycles. The van der Waals surface area contributed by atoms with Crippen LogP contribution in [0.2, 0.25) is 0 Å². The first-order chi connectivity index (χ1) is 8.13. The number of carbonyl (C=O) groups excluding carboxylic acids is 1. The fourth-order valence-electron chi connectivity index (χ4n) is 1.20. The van der Waals surface area contributed by atoms with Crippen molar-refractivity contribution in [2.45, 2.75) is 19.4 Å². The van der Waals surface area contributed by atoms with Gasteiger partial charge >= 0.3 is 5.97 Å². The zero-order valence-electron chi connectivity index (χ0n) is 9.69. The molecule has 1 atom stereocenters. The van der Waals surface area contributed by atoms with E-state index in [2.05, 4.69) is 0 Å². The molecule has 1 rings (SSSR count). The molecule has 5 heteroatoms. The number of halogens is 1. The van der Waals surface area contributed by atoms with Crippen LogP contribution in [-0.4, -0.2) is 25.2 Å². The van der Waals surface area contributed by atoms with Crippen molar-refractivity contribution in [1.29, 1.82) is 0 Å². The van der Waals surface area contributed by atoms with E-state index in [4.69, 9.17) is 15.2 Å². The van der Waals surface area contributed by atoms with Crippen LogP contribution < -0.4 is 10.5 Å². The molecule has 0 amide bonds. The molecule has 1 aromatic carbocycles. The van der Waals surface area contributed by atoms with Gasteiger partial charge in [-0.25, -0.2) is 4.39 Å². The standard InChI is InChI=1S/C12H16FNO3/c1-2-16-12(15)11(14)7-8-17-10-5-3-9(13)4-6-10/h3-6,11H,2,7-8,14H2,1H3/t11-/m0/s1. The smallest absolute Gasteiger partial charge is 0.323 e. The van der Waals surface area contributed by atoms with E-state index in [1.165, 1.54) is 24.3 Å². The molecule has 0 unspecified atom stereocenters. The number of hydrogen-bond acceptors (Lipinski definition) is 4. The Morgan fingerprint density at radius 3 is 2.65 bits per heavy atom. The normalized spacial score (nSPS) is 11.9. The van der Waals surface area contributed by atoms with E-state index in [0.29, 0.717) is 18.8 Å². The summed E-state index contributed by atoms with van der Waals surface area (Å²) in [6.07, 6.45) is 0.357. The molecule has 0 aliphatic carbocycles. The van der Waals surface area contributed by atoms with Crippen molar-refractivity contribution in [3.8, 4) is 5.75 Å². The van der Waals surface area contributed by atoms with Gasteiger partial charge in [-0.1, -0.05) is 0 Å². The summed E-state index contributed by atoms with van der Waals surface area (Å²) in [6, 6.07) is 4.97. The minimum Gasteiger partial charge on any atom is -0.494 e. The number of rotatable bonds is 6. The Labute approximate surface area is 99.5 Å². The number of hydrogen-bond donors (Lipinski definition) is 1. The van der Waals surface area contributed by atoms with Gasteiger partial charge in [0.15, 0.2) is 0 Å². The van der Waals surface area contributed by atoms with E-state index >= 15 is 0 Å². The molecule has 0 aromatic heterocycles. The van der Waals surface area contributed by atoms with Gasteiger partial charge in [0.1, 0.15) is 17.6 Å². The summed E-state index contributed by atoms with van der Waals surface area (Å²) in [5, 5.41) is 0. The summed E-state index contributed by atoms with van der Waals surface area (Å²) in [7, 11) is 0. The summed E-state index contributed by atoms with van der Waals surface area (Å²) < 4.78 is 22.6. The zero-order chi connectivity index (χ0) is 12.7. The third-order valence-corrected chi connectivity index (χ3v) is 2.10. The number of nitrogens with two attached hydrogens (primary N) is 1. The Morgan fingerprint density at radius 2 is 2.06 bits per heavy atom. The Bertz CT molecular complexity index is 353. The van der Waals surface area contributed by atoms with Crippen LogP contribution in [-0.2, 0) is 9.53 Å². The van der Waals surface area contributed by atoms with E-state index in [1.54, 1.807) is 6.92 Å². The largest absolute Gasteiger partial charge is 0.494 e. The first-order valence-electron chi connectivity index (χ1n) is 5.44. The fraction of sp³-hybridized carbons (Fsp3) is 0.417. The van der Waals surface area contributed by atoms with Crippen molar-refractivity contribution >= 4 is 5.97 Å². The number of carbonyl (C=O) groups is 1. The van der Waals surface area contributed by atoms with Crippen LogP contribution in [0.15, 0.2) is 24.3 Å². The van der Waals surface area contributed by atoms with E-state index in [-0.39, 0.29) is 12.4 Å². The van der Waals surface area contributed by atoms with Crippen LogP contribution in [0, 0.1) is 5.82 Å². The Kier molecular flexibility index (Phi) is 5.42. The first kappa shape index (κ1) is 13.4. The highest BCUT2D eigenvalue weighted by Gasteiger charge is 2.14. The minimum absolute atomic E-state index is 0.283. The third-order valence-electron chi connectivity index (χ3n) is 2.10. The zero-order valence-corrected chi connectivity index (χ0v) is 9.69. The quantitative estimate of drug-likeness (QED) is 0.766. The highest BCUT2D eigenvalue weighted by atomic mass is 19.1. The lowest BCUT2D eigenvalue weighted by Crippen LogP contribution is -2.33. The van der Waals surface area contributed by atoms with E-state index in [9.17, 15) is 9.18 Å². The van der Waals surface area contributed by atoms with Gasteiger partial charge in [0, 0.05) is 6.42 Å². The fourth-order valence-corrected chi connectivity index (χ4v) is 1.20. The molecule has 0 aliphatic rings. The van der Waals surface area contributed by atoms with E-state index in [1.807, 2.05) is 0 Å². The van der Waals surface area contributed by atoms with Gasteiger partial charge in [0.25, 0.3) is 0 Å². The average molecular weight is 241 g/mol. The average Bonchev–Trinajstić information content (AvgIpc) is 2.32. The van der Waals surface area contributed by atoms with Gasteiger partial charge in [-0.15, -0.1) is 0 Å². The SMILES string of the molecule is CCOC(=O)[C@@H](N)CCOc1ccc(F)cc1. The second-order valence-electron chi connectivity index (χ2n) is 3.45. The van der Waals surface area contributed by atoms with Crippen LogP contribution in [0.5, 0.6) is 5.75 Å². The molecule has 0 radical (unpaired) electrons. The monoisotopic (exact) mass is 241 g/mol. The van der Waals surface area contributed by atoms with Gasteiger partial charge in [0.05, 0.1) is 13.2 Å². The van der Waals surface area contributed by atoms with Crippen molar-refractivity contribution in [1.82, 2.24) is 0 Å². The van der Waals surface area contributed by atoms with Gasteiger partial charge in [-0.3, -0.25) is 4.79 Å². The minimum atomic E-state index is -0.685. The van der Waals surface area contributed by atoms with Crippen molar-refractivity contribution in [3.63, 3.8) is 0 Å². The highest BCUT2D eigenvalue weighted by Crippen LogP contribution is 2.11. The van der Waals surface area contributed by atoms with Crippen molar-refractivity contribution in [2.75, 3.05) is 13.2 Å². The highest BCUT2D eigenvalue weighted by molar-refractivity contribution is 5.75. The Morgan fingerprint density at radius 1 is 1.41 bits per heavy atom. The second-order valence-corrected chi connectivity index (χ2v) is 3.45. The van der Waals surface area contributed by atoms with Crippen LogP contribution in [0.3, 0.4) is 0 Å². The molecule has 1 aromatic rings. The molecule has 0 saturated heterocycles. The maximum Gasteiger partial charge on any atom is 0.323 e. The summed E-state index contributed by atoms with van der Waals surface area (Å²) in [5.41, 5.74) is 5.58. The van der Waals surface area contributed by atoms with Gasteiger partial charge in [0.2, 0.25) is 0 Å². The summed E-state index contributed by atoms with van der Waals surface area (Å²) in [6.45, 7) is 2.32. The molecule has 0 bridgehead atoms. The van der Waals surface area contributed by atoms with Crippen LogP contribution in [0.25, 0.3) is 0 Å². The maximum absolute atomic E-state index is 12.6. The maximum atomic E-state index is 12.6. The molecule has 0 spiro atoms. The lowest BCUT2D eigenvalue weighted by atomic mass is 10.2. The van der Waals surface area contributed by atoms with Gasteiger partial charge in [-0.05, 0) is 31.2 Å². The molecule has 0 aliphatic heterocycles. The number of esters is 1. The topological polar surface area (TPSA) is 61.5 Å². The third kappa shape index (κ3) is 4.82. The Balaban J connectivity index is 2.27. The summed E-state index contributed by atoms with van der Waals surface area (Å²) in [4.78, 5) is 11.2. The number of ether oxygens (including phenoxy) is 2. The van der Waals surface area contributed by atoms with E-state index in [0.717, 1.165) is 0 Å². The van der Waals surface area contributed by atoms with Crippen molar-refractivity contribution in [3.05, 3.63) is 30.1 Å². The van der Waals surface area contributed by atoms with Crippen LogP contribution in [0.1, 0.15) is 13.3 Å². The molecular formula is C12H16FNO3. The van der Waals surface area contributed by atoms with Crippen molar-refractivity contribution < 1.29 is 18.7 Å². The van der Waals surface area contributed by atoms with Gasteiger partial charge in [-0.2, -0.15) is 0 Å². The molecular weight excluding hydrogens is 225 g/mol. The summed E-state index contributed by atoms with van der Waals surface area (Å²) >= 11 is 0. The predicted octanol–water partition coefficient (Wildman–Crippen LogP) is 1.48. The molecule has 17 heavy (non-hydrogen) atoms. The molecule has 94 valence electrons. The van der Waals surface area contributed by atoms with E-state index < -0.39 is 12.0 Å². The van der Waals surface area contributed by atoms with Gasteiger partial charge < -0.3 is 15.2 Å². The molecule has 4 nitrogen and oxygen atoms in total. The summed E-state index contributed by atoms with van der Waals surface area (Å²) in [5.74, 6) is -0.210. The second kappa shape index (κ2) is 6.85. The lowest BCUT2D eigenvalue weighted by molar-refractivity contribution is -0.145. The van der Waals surface area contributed by atoms with Crippen LogP contribution >= 0.6 is 0 Å².